The van der Waals surface area contributed by atoms with Crippen LogP contribution in [0.3, 0.4) is 0 Å². The first-order valence-electron chi connectivity index (χ1n) is 11.1. The van der Waals surface area contributed by atoms with Crippen molar-refractivity contribution < 1.29 is 18.7 Å². The largest absolute Gasteiger partial charge is 0.497 e. The first-order chi connectivity index (χ1) is 15.4. The van der Waals surface area contributed by atoms with E-state index in [-0.39, 0.29) is 23.7 Å². The van der Waals surface area contributed by atoms with Crippen LogP contribution in [0.1, 0.15) is 50.3 Å². The molecule has 2 atom stereocenters. The third-order valence-corrected chi connectivity index (χ3v) is 5.85. The Morgan fingerprint density at radius 1 is 1.12 bits per heavy atom. The average molecular weight is 439 g/mol. The molecular formula is C26H31FN2O3. The highest BCUT2D eigenvalue weighted by atomic mass is 19.1. The van der Waals surface area contributed by atoms with Gasteiger partial charge < -0.3 is 14.5 Å². The van der Waals surface area contributed by atoms with Gasteiger partial charge in [0.2, 0.25) is 11.8 Å². The molecule has 1 aliphatic rings. The van der Waals surface area contributed by atoms with Crippen molar-refractivity contribution in [3.8, 4) is 5.75 Å². The summed E-state index contributed by atoms with van der Waals surface area (Å²) in [6.07, 6.45) is 6.08. The van der Waals surface area contributed by atoms with Gasteiger partial charge in [-0.1, -0.05) is 49.8 Å². The van der Waals surface area contributed by atoms with Gasteiger partial charge in [0.25, 0.3) is 0 Å². The third-order valence-electron chi connectivity index (χ3n) is 5.85. The lowest BCUT2D eigenvalue weighted by Gasteiger charge is -2.38. The van der Waals surface area contributed by atoms with Gasteiger partial charge in [-0.2, -0.15) is 0 Å². The van der Waals surface area contributed by atoms with E-state index in [2.05, 4.69) is 0 Å². The Balaban J connectivity index is 1.96. The zero-order valence-corrected chi connectivity index (χ0v) is 19.0. The number of amides is 2. The number of hydrogen-bond acceptors (Lipinski definition) is 3. The SMILES string of the molecule is CCCCC(=O)N1C/C=C\[C@H](c2ccc(OC)cc2)N(Cc2ccc(F)cc2)C(=O)[C@@H]1C. The van der Waals surface area contributed by atoms with E-state index in [1.54, 1.807) is 36.0 Å². The Bertz CT molecular complexity index is 941. The minimum absolute atomic E-state index is 0.0121. The summed E-state index contributed by atoms with van der Waals surface area (Å²) >= 11 is 0. The molecule has 1 heterocycles. The van der Waals surface area contributed by atoms with Gasteiger partial charge in [0, 0.05) is 19.5 Å². The van der Waals surface area contributed by atoms with Gasteiger partial charge in [0.1, 0.15) is 17.6 Å². The van der Waals surface area contributed by atoms with Gasteiger partial charge in [-0.05, 0) is 48.7 Å². The predicted octanol–water partition coefficient (Wildman–Crippen LogP) is 4.88. The molecule has 1 aliphatic heterocycles. The number of carbonyl (C=O) groups excluding carboxylic acids is 2. The number of halogens is 1. The Morgan fingerprint density at radius 3 is 2.44 bits per heavy atom. The van der Waals surface area contributed by atoms with Crippen LogP contribution in [0.4, 0.5) is 4.39 Å². The fourth-order valence-electron chi connectivity index (χ4n) is 3.92. The van der Waals surface area contributed by atoms with Gasteiger partial charge >= 0.3 is 0 Å². The second-order valence-electron chi connectivity index (χ2n) is 8.06. The lowest BCUT2D eigenvalue weighted by molar-refractivity contribution is -0.146. The molecule has 0 aromatic heterocycles. The summed E-state index contributed by atoms with van der Waals surface area (Å²) in [5.41, 5.74) is 1.76. The van der Waals surface area contributed by atoms with Crippen LogP contribution in [0.5, 0.6) is 5.75 Å². The molecule has 2 amide bonds. The van der Waals surface area contributed by atoms with Gasteiger partial charge in [0.05, 0.1) is 13.2 Å². The Hall–Kier alpha value is -3.15. The highest BCUT2D eigenvalue weighted by Crippen LogP contribution is 2.29. The van der Waals surface area contributed by atoms with Crippen molar-refractivity contribution in [2.45, 2.75) is 51.7 Å². The summed E-state index contributed by atoms with van der Waals surface area (Å²) in [4.78, 5) is 29.8. The Labute approximate surface area is 189 Å². The average Bonchev–Trinajstić information content (AvgIpc) is 2.81. The van der Waals surface area contributed by atoms with Crippen LogP contribution in [0.2, 0.25) is 0 Å². The molecule has 0 spiro atoms. The molecule has 0 bridgehead atoms. The summed E-state index contributed by atoms with van der Waals surface area (Å²) < 4.78 is 18.7. The highest BCUT2D eigenvalue weighted by Gasteiger charge is 2.33. The van der Waals surface area contributed by atoms with Crippen LogP contribution in [0.25, 0.3) is 0 Å². The molecule has 0 saturated carbocycles. The van der Waals surface area contributed by atoms with E-state index in [1.165, 1.54) is 12.1 Å². The van der Waals surface area contributed by atoms with Crippen molar-refractivity contribution in [2.75, 3.05) is 13.7 Å². The fourth-order valence-corrected chi connectivity index (χ4v) is 3.92. The van der Waals surface area contributed by atoms with Gasteiger partial charge in [-0.3, -0.25) is 9.59 Å². The van der Waals surface area contributed by atoms with Crippen LogP contribution in [0.15, 0.2) is 60.7 Å². The first-order valence-corrected chi connectivity index (χ1v) is 11.1. The van der Waals surface area contributed by atoms with Crippen molar-refractivity contribution in [3.05, 3.63) is 77.6 Å². The van der Waals surface area contributed by atoms with Crippen molar-refractivity contribution >= 4 is 11.8 Å². The summed E-state index contributed by atoms with van der Waals surface area (Å²) in [5.74, 6) is 0.271. The number of nitrogens with zero attached hydrogens (tertiary/aromatic N) is 2. The number of hydrogen-bond donors (Lipinski definition) is 0. The molecule has 6 heteroatoms. The molecule has 0 unspecified atom stereocenters. The van der Waals surface area contributed by atoms with Crippen LogP contribution < -0.4 is 4.74 Å². The molecule has 2 aromatic carbocycles. The maximum atomic E-state index is 13.7. The van der Waals surface area contributed by atoms with E-state index in [0.717, 1.165) is 29.7 Å². The van der Waals surface area contributed by atoms with Crippen molar-refractivity contribution in [1.29, 1.82) is 0 Å². The maximum absolute atomic E-state index is 13.7. The smallest absolute Gasteiger partial charge is 0.246 e. The summed E-state index contributed by atoms with van der Waals surface area (Å²) in [6.45, 7) is 4.53. The van der Waals surface area contributed by atoms with Gasteiger partial charge in [0.15, 0.2) is 0 Å². The molecular weight excluding hydrogens is 407 g/mol. The van der Waals surface area contributed by atoms with E-state index in [9.17, 15) is 14.0 Å². The minimum Gasteiger partial charge on any atom is -0.497 e. The Morgan fingerprint density at radius 2 is 1.81 bits per heavy atom. The van der Waals surface area contributed by atoms with E-state index in [0.29, 0.717) is 19.5 Å². The zero-order chi connectivity index (χ0) is 23.1. The Kier molecular flexibility index (Phi) is 8.03. The summed E-state index contributed by atoms with van der Waals surface area (Å²) in [7, 11) is 1.61. The number of rotatable bonds is 7. The number of benzene rings is 2. The third kappa shape index (κ3) is 5.55. The summed E-state index contributed by atoms with van der Waals surface area (Å²) in [6, 6.07) is 12.9. The minimum atomic E-state index is -0.592. The van der Waals surface area contributed by atoms with E-state index < -0.39 is 6.04 Å². The first kappa shape index (κ1) is 23.5. The normalized spacial score (nSPS) is 19.9. The van der Waals surface area contributed by atoms with Gasteiger partial charge in [-0.25, -0.2) is 4.39 Å². The molecule has 3 rings (SSSR count). The number of ether oxygens (including phenoxy) is 1. The number of methoxy groups -OCH3 is 1. The lowest BCUT2D eigenvalue weighted by Crippen LogP contribution is -2.51. The van der Waals surface area contributed by atoms with Crippen molar-refractivity contribution in [1.82, 2.24) is 9.80 Å². The molecule has 2 aromatic rings. The van der Waals surface area contributed by atoms with Crippen molar-refractivity contribution in [2.24, 2.45) is 0 Å². The molecule has 5 nitrogen and oxygen atoms in total. The van der Waals surface area contributed by atoms with Crippen LogP contribution >= 0.6 is 0 Å². The molecule has 0 saturated heterocycles. The maximum Gasteiger partial charge on any atom is 0.246 e. The quantitative estimate of drug-likeness (QED) is 0.579. The van der Waals surface area contributed by atoms with E-state index in [1.807, 2.05) is 43.3 Å². The molecule has 32 heavy (non-hydrogen) atoms. The van der Waals surface area contributed by atoms with E-state index in [4.69, 9.17) is 4.74 Å². The standard InChI is InChI=1S/C26H31FN2O3/c1-4-5-8-25(30)28-17-6-7-24(21-11-15-23(32-3)16-12-21)29(26(31)19(28)2)18-20-9-13-22(27)14-10-20/h6-7,9-16,19,24H,4-5,8,17-18H2,1-3H3/b7-6-/t19-,24+/m0/s1. The molecule has 0 fully saturated rings. The van der Waals surface area contributed by atoms with Crippen LogP contribution in [-0.4, -0.2) is 41.3 Å². The predicted molar refractivity (Wildman–Crippen MR) is 123 cm³/mol. The fraction of sp³-hybridized carbons (Fsp3) is 0.385. The van der Waals surface area contributed by atoms with Gasteiger partial charge in [-0.15, -0.1) is 0 Å². The second-order valence-corrected chi connectivity index (χ2v) is 8.06. The molecule has 0 radical (unpaired) electrons. The van der Waals surface area contributed by atoms with E-state index >= 15 is 0 Å². The van der Waals surface area contributed by atoms with Crippen LogP contribution in [-0.2, 0) is 16.1 Å². The summed E-state index contributed by atoms with van der Waals surface area (Å²) in [5, 5.41) is 0. The lowest BCUT2D eigenvalue weighted by atomic mass is 10.00. The monoisotopic (exact) mass is 438 g/mol. The molecule has 170 valence electrons. The highest BCUT2D eigenvalue weighted by molar-refractivity contribution is 5.88. The van der Waals surface area contributed by atoms with Crippen LogP contribution in [0, 0.1) is 5.82 Å². The molecule has 0 N–H and O–H groups in total. The number of carbonyl (C=O) groups is 2. The second kappa shape index (κ2) is 10.9. The topological polar surface area (TPSA) is 49.9 Å². The number of unbranched alkanes of at least 4 members (excludes halogenated alkanes) is 1. The zero-order valence-electron chi connectivity index (χ0n) is 19.0. The molecule has 0 aliphatic carbocycles. The van der Waals surface area contributed by atoms with Crippen molar-refractivity contribution in [3.63, 3.8) is 0 Å².